The highest BCUT2D eigenvalue weighted by Crippen LogP contribution is 2.42. The van der Waals surface area contributed by atoms with Gasteiger partial charge in [0.15, 0.2) is 17.5 Å². The number of aromatic carboxylic acids is 1. The highest BCUT2D eigenvalue weighted by Gasteiger charge is 2.28. The van der Waals surface area contributed by atoms with Gasteiger partial charge in [0.05, 0.1) is 5.56 Å². The summed E-state index contributed by atoms with van der Waals surface area (Å²) in [5.41, 5.74) is -0.468. The van der Waals surface area contributed by atoms with Crippen molar-refractivity contribution in [2.75, 3.05) is 0 Å². The average Bonchev–Trinajstić information content (AvgIpc) is 2.70. The minimum atomic E-state index is -1.65. The molecule has 0 amide bonds. The summed E-state index contributed by atoms with van der Waals surface area (Å²) in [5, 5.41) is 9.25. The molecule has 1 saturated carbocycles. The summed E-state index contributed by atoms with van der Waals surface area (Å²) in [7, 11) is 0. The molecule has 0 unspecified atom stereocenters. The molecule has 0 saturated heterocycles. The van der Waals surface area contributed by atoms with Gasteiger partial charge in [-0.3, -0.25) is 0 Å². The van der Waals surface area contributed by atoms with Crippen molar-refractivity contribution in [1.29, 1.82) is 0 Å². The lowest BCUT2D eigenvalue weighted by molar-refractivity contribution is 0.0692. The normalized spacial score (nSPS) is 19.6. The van der Waals surface area contributed by atoms with Gasteiger partial charge >= 0.3 is 5.97 Å². The molecule has 0 heterocycles. The van der Waals surface area contributed by atoms with Crippen molar-refractivity contribution in [3.8, 4) is 11.1 Å². The van der Waals surface area contributed by atoms with Crippen LogP contribution in [-0.2, 0) is 0 Å². The van der Waals surface area contributed by atoms with Gasteiger partial charge in [-0.15, -0.1) is 0 Å². The Hall–Kier alpha value is -2.63. The van der Waals surface area contributed by atoms with Crippen molar-refractivity contribution >= 4 is 5.97 Å². The number of benzene rings is 2. The lowest BCUT2D eigenvalue weighted by Gasteiger charge is -2.29. The Labute approximate surface area is 166 Å². The van der Waals surface area contributed by atoms with E-state index < -0.39 is 34.8 Å². The third-order valence-electron chi connectivity index (χ3n) is 5.53. The molecule has 0 atom stereocenters. The number of hydrogen-bond acceptors (Lipinski definition) is 1. The first-order valence-electron chi connectivity index (χ1n) is 9.70. The van der Waals surface area contributed by atoms with Crippen LogP contribution in [0.3, 0.4) is 0 Å². The van der Waals surface area contributed by atoms with Crippen molar-refractivity contribution in [2.45, 2.75) is 44.9 Å². The summed E-state index contributed by atoms with van der Waals surface area (Å²) < 4.78 is 56.1. The fraction of sp³-hybridized carbons (Fsp3) is 0.348. The van der Waals surface area contributed by atoms with Crippen LogP contribution in [0.5, 0.6) is 0 Å². The van der Waals surface area contributed by atoms with E-state index >= 15 is 4.39 Å². The molecular weight excluding hydrogens is 384 g/mol. The van der Waals surface area contributed by atoms with Gasteiger partial charge in [-0.1, -0.05) is 25.1 Å². The van der Waals surface area contributed by atoms with Crippen molar-refractivity contribution in [2.24, 2.45) is 5.92 Å². The topological polar surface area (TPSA) is 37.3 Å². The summed E-state index contributed by atoms with van der Waals surface area (Å²) in [5.74, 6) is -6.73. The monoisotopic (exact) mass is 406 g/mol. The molecule has 1 N–H and O–H groups in total. The van der Waals surface area contributed by atoms with Crippen LogP contribution >= 0.6 is 0 Å². The van der Waals surface area contributed by atoms with E-state index in [4.69, 9.17) is 0 Å². The van der Waals surface area contributed by atoms with E-state index in [-0.39, 0.29) is 17.0 Å². The summed E-state index contributed by atoms with van der Waals surface area (Å²) in [6, 6.07) is 4.10. The molecule has 0 radical (unpaired) electrons. The second kappa shape index (κ2) is 8.80. The van der Waals surface area contributed by atoms with Crippen LogP contribution in [0.15, 0.2) is 36.4 Å². The molecule has 1 aliphatic rings. The Bertz CT molecular complexity index is 921. The molecular formula is C23H22F4O2. The molecule has 6 heteroatoms. The molecule has 0 aliphatic heterocycles. The van der Waals surface area contributed by atoms with Crippen molar-refractivity contribution in [3.05, 3.63) is 70.8 Å². The molecule has 1 aliphatic carbocycles. The third-order valence-corrected chi connectivity index (χ3v) is 5.53. The summed E-state index contributed by atoms with van der Waals surface area (Å²) in [4.78, 5) is 11.4. The highest BCUT2D eigenvalue weighted by molar-refractivity contribution is 5.90. The highest BCUT2D eigenvalue weighted by atomic mass is 19.2. The molecule has 154 valence electrons. The summed E-state index contributed by atoms with van der Waals surface area (Å²) in [6.07, 6.45) is 8.49. The maximum atomic E-state index is 15.1. The zero-order valence-electron chi connectivity index (χ0n) is 16.0. The maximum absolute atomic E-state index is 15.1. The standard InChI is InChI=1S/C23H22F4O2/c1-2-3-4-13-5-7-14(8-6-13)16-9-10-17(23(28)29)21(26)20(16)15-11-18(24)22(27)19(25)12-15/h3-4,9-14H,2,5-8H2,1H3,(H,28,29)/b4-3+/t13-,14-. The predicted molar refractivity (Wildman–Crippen MR) is 103 cm³/mol. The number of halogens is 4. The molecule has 1 fully saturated rings. The Morgan fingerprint density at radius 3 is 2.21 bits per heavy atom. The van der Waals surface area contributed by atoms with Gasteiger partial charge < -0.3 is 5.11 Å². The Morgan fingerprint density at radius 2 is 1.66 bits per heavy atom. The first kappa shape index (κ1) is 21.1. The lowest BCUT2D eigenvalue weighted by atomic mass is 9.76. The van der Waals surface area contributed by atoms with Crippen LogP contribution in [0, 0.1) is 29.2 Å². The minimum Gasteiger partial charge on any atom is -0.478 e. The van der Waals surface area contributed by atoms with Crippen LogP contribution in [0.1, 0.15) is 60.9 Å². The van der Waals surface area contributed by atoms with Gasteiger partial charge in [0.2, 0.25) is 0 Å². The smallest absolute Gasteiger partial charge is 0.338 e. The molecule has 2 nitrogen and oxygen atoms in total. The Kier molecular flexibility index (Phi) is 6.40. The van der Waals surface area contributed by atoms with Crippen LogP contribution in [-0.4, -0.2) is 11.1 Å². The maximum Gasteiger partial charge on any atom is 0.338 e. The van der Waals surface area contributed by atoms with Crippen LogP contribution in [0.2, 0.25) is 0 Å². The number of carboxylic acids is 1. The van der Waals surface area contributed by atoms with Gasteiger partial charge in [0, 0.05) is 5.56 Å². The van der Waals surface area contributed by atoms with Gasteiger partial charge in [0.25, 0.3) is 0 Å². The van der Waals surface area contributed by atoms with E-state index in [1.54, 1.807) is 0 Å². The fourth-order valence-electron chi connectivity index (χ4n) is 4.04. The first-order chi connectivity index (χ1) is 13.8. The second-order valence-corrected chi connectivity index (χ2v) is 7.40. The van der Waals surface area contributed by atoms with E-state index in [2.05, 4.69) is 19.1 Å². The predicted octanol–water partition coefficient (Wildman–Crippen LogP) is 6.85. The quantitative estimate of drug-likeness (QED) is 0.335. The minimum absolute atomic E-state index is 0.0789. The zero-order valence-corrected chi connectivity index (χ0v) is 16.0. The number of allylic oxidation sites excluding steroid dienone is 2. The molecule has 0 aromatic heterocycles. The van der Waals surface area contributed by atoms with Gasteiger partial charge in [-0.05, 0) is 73.3 Å². The van der Waals surface area contributed by atoms with E-state index in [0.29, 0.717) is 23.6 Å². The van der Waals surface area contributed by atoms with Crippen molar-refractivity contribution < 1.29 is 27.5 Å². The van der Waals surface area contributed by atoms with E-state index in [1.807, 2.05) is 0 Å². The fourth-order valence-corrected chi connectivity index (χ4v) is 4.04. The largest absolute Gasteiger partial charge is 0.478 e. The SMILES string of the molecule is CC/C=C/[C@H]1CC[C@H](c2ccc(C(=O)O)c(F)c2-c2cc(F)c(F)c(F)c2)CC1. The first-order valence-corrected chi connectivity index (χ1v) is 9.70. The number of carboxylic acid groups (broad SMARTS) is 1. The van der Waals surface area contributed by atoms with Crippen molar-refractivity contribution in [1.82, 2.24) is 0 Å². The molecule has 3 rings (SSSR count). The van der Waals surface area contributed by atoms with Gasteiger partial charge in [-0.2, -0.15) is 0 Å². The number of hydrogen-bond donors (Lipinski definition) is 1. The van der Waals surface area contributed by atoms with Crippen molar-refractivity contribution in [3.63, 3.8) is 0 Å². The van der Waals surface area contributed by atoms with Crippen LogP contribution in [0.4, 0.5) is 17.6 Å². The third kappa shape index (κ3) is 4.36. The van der Waals surface area contributed by atoms with Crippen LogP contribution < -0.4 is 0 Å². The Morgan fingerprint density at radius 1 is 1.03 bits per heavy atom. The second-order valence-electron chi connectivity index (χ2n) is 7.40. The van der Waals surface area contributed by atoms with Gasteiger partial charge in [-0.25, -0.2) is 22.4 Å². The summed E-state index contributed by atoms with van der Waals surface area (Å²) in [6.45, 7) is 2.06. The van der Waals surface area contributed by atoms with E-state index in [9.17, 15) is 23.1 Å². The molecule has 2 aromatic carbocycles. The molecule has 0 spiro atoms. The summed E-state index contributed by atoms with van der Waals surface area (Å²) >= 11 is 0. The van der Waals surface area contributed by atoms with Gasteiger partial charge in [0.1, 0.15) is 5.82 Å². The van der Waals surface area contributed by atoms with Crippen LogP contribution in [0.25, 0.3) is 11.1 Å². The lowest BCUT2D eigenvalue weighted by Crippen LogP contribution is -2.14. The molecule has 0 bridgehead atoms. The molecule has 29 heavy (non-hydrogen) atoms. The Balaban J connectivity index is 2.06. The molecule has 2 aromatic rings. The van der Waals surface area contributed by atoms with E-state index in [1.165, 1.54) is 12.1 Å². The van der Waals surface area contributed by atoms with E-state index in [0.717, 1.165) is 32.1 Å². The number of rotatable bonds is 5. The average molecular weight is 406 g/mol. The number of carbonyl (C=O) groups is 1. The zero-order chi connectivity index (χ0) is 21.1.